The molecule has 1 aliphatic heterocycles. The van der Waals surface area contributed by atoms with Gasteiger partial charge in [0, 0.05) is 38.0 Å². The maximum atomic E-state index is 14.0. The number of imidazole rings is 1. The number of halogens is 4. The van der Waals surface area contributed by atoms with E-state index in [9.17, 15) is 18.0 Å². The van der Waals surface area contributed by atoms with Gasteiger partial charge in [0.2, 0.25) is 11.9 Å². The van der Waals surface area contributed by atoms with Crippen LogP contribution in [0.5, 0.6) is 11.5 Å². The normalized spacial score (nSPS) is 16.0. The maximum absolute atomic E-state index is 14.0. The molecule has 1 unspecified atom stereocenters. The molecule has 4 heterocycles. The van der Waals surface area contributed by atoms with Crippen LogP contribution in [0.4, 0.5) is 30.6 Å². The Morgan fingerprint density at radius 2 is 1.97 bits per heavy atom. The number of pyridine rings is 2. The lowest BCUT2D eigenvalue weighted by atomic mass is 9.97. The summed E-state index contributed by atoms with van der Waals surface area (Å²) in [5.74, 6) is 0.875. The predicted molar refractivity (Wildman–Crippen MR) is 141 cm³/mol. The van der Waals surface area contributed by atoms with Gasteiger partial charge in [0.1, 0.15) is 22.1 Å². The van der Waals surface area contributed by atoms with Crippen molar-refractivity contribution >= 4 is 46.1 Å². The van der Waals surface area contributed by atoms with E-state index >= 15 is 0 Å². The van der Waals surface area contributed by atoms with E-state index in [4.69, 9.17) is 16.3 Å². The quantitative estimate of drug-likeness (QED) is 0.286. The average molecular weight is 560 g/mol. The predicted octanol–water partition coefficient (Wildman–Crippen LogP) is 6.30. The summed E-state index contributed by atoms with van der Waals surface area (Å²) in [6.07, 6.45) is -0.103. The maximum Gasteiger partial charge on any atom is 0.416 e. The largest absolute Gasteiger partial charge is 0.454 e. The Bertz CT molecular complexity index is 1560. The minimum absolute atomic E-state index is 0.205. The van der Waals surface area contributed by atoms with E-state index < -0.39 is 11.7 Å². The number of amides is 1. The standard InChI is InChI=1S/C26H25ClF3N7O2/c1-14(38)33-21-12-16(8-9-31-21)39-20-13-32-24-23(22(20)27)37(3)25(35-24)34-15-6-7-17(18(11-15)26(28,29)30)19-5-4-10-36(19)2/h6-9,11-13,19H,4-5,10H2,1-3H3,(H,31,33,38)(H,32,34,35). The number of likely N-dealkylation sites (tertiary alicyclic amines) is 1. The summed E-state index contributed by atoms with van der Waals surface area (Å²) >= 11 is 6.64. The summed E-state index contributed by atoms with van der Waals surface area (Å²) in [5, 5.41) is 5.75. The molecule has 0 radical (unpaired) electrons. The number of fused-ring (bicyclic) bond motifs is 1. The molecule has 13 heteroatoms. The number of carbonyl (C=O) groups excluding carboxylic acids is 1. The van der Waals surface area contributed by atoms with Crippen LogP contribution in [0, 0.1) is 0 Å². The van der Waals surface area contributed by atoms with Crippen molar-refractivity contribution in [1.29, 1.82) is 0 Å². The Hall–Kier alpha value is -3.90. The number of aromatic nitrogens is 4. The van der Waals surface area contributed by atoms with E-state index in [0.717, 1.165) is 19.0 Å². The Morgan fingerprint density at radius 3 is 2.67 bits per heavy atom. The summed E-state index contributed by atoms with van der Waals surface area (Å²) in [6.45, 7) is 2.13. The molecule has 1 fully saturated rings. The van der Waals surface area contributed by atoms with Crippen LogP contribution in [0.1, 0.15) is 36.9 Å². The van der Waals surface area contributed by atoms with Crippen molar-refractivity contribution in [3.8, 4) is 11.5 Å². The number of carbonyl (C=O) groups is 1. The molecule has 1 aliphatic rings. The molecule has 39 heavy (non-hydrogen) atoms. The molecule has 2 N–H and O–H groups in total. The monoisotopic (exact) mass is 559 g/mol. The zero-order valence-corrected chi connectivity index (χ0v) is 22.1. The third-order valence-corrected chi connectivity index (χ3v) is 6.93. The third-order valence-electron chi connectivity index (χ3n) is 6.56. The smallest absolute Gasteiger partial charge is 0.416 e. The summed E-state index contributed by atoms with van der Waals surface area (Å²) in [4.78, 5) is 26.0. The fourth-order valence-corrected chi connectivity index (χ4v) is 5.05. The van der Waals surface area contributed by atoms with Crippen molar-refractivity contribution in [1.82, 2.24) is 24.4 Å². The molecule has 4 aromatic rings. The number of nitrogens with zero attached hydrogens (tertiary/aromatic N) is 5. The summed E-state index contributed by atoms with van der Waals surface area (Å²) in [6, 6.07) is 7.11. The minimum Gasteiger partial charge on any atom is -0.454 e. The molecule has 9 nitrogen and oxygen atoms in total. The van der Waals surface area contributed by atoms with Gasteiger partial charge in [-0.1, -0.05) is 17.7 Å². The van der Waals surface area contributed by atoms with Gasteiger partial charge in [-0.15, -0.1) is 0 Å². The van der Waals surface area contributed by atoms with Crippen LogP contribution in [0.3, 0.4) is 0 Å². The number of benzene rings is 1. The summed E-state index contributed by atoms with van der Waals surface area (Å²) in [7, 11) is 3.51. The average Bonchev–Trinajstić information content (AvgIpc) is 3.43. The van der Waals surface area contributed by atoms with E-state index in [2.05, 4.69) is 25.6 Å². The number of hydrogen-bond donors (Lipinski definition) is 2. The molecule has 1 aromatic carbocycles. The highest BCUT2D eigenvalue weighted by molar-refractivity contribution is 6.36. The molecule has 1 saturated heterocycles. The molecule has 0 saturated carbocycles. The molecule has 0 spiro atoms. The van der Waals surface area contributed by atoms with Gasteiger partial charge in [-0.25, -0.2) is 9.97 Å². The van der Waals surface area contributed by atoms with Gasteiger partial charge in [-0.2, -0.15) is 18.2 Å². The first-order valence-electron chi connectivity index (χ1n) is 12.1. The Labute approximate surface area is 227 Å². The number of nitrogens with one attached hydrogen (secondary N) is 2. The lowest BCUT2D eigenvalue weighted by Crippen LogP contribution is -2.21. The van der Waals surface area contributed by atoms with Crippen molar-refractivity contribution in [2.75, 3.05) is 24.2 Å². The van der Waals surface area contributed by atoms with Crippen LogP contribution in [0.25, 0.3) is 11.2 Å². The molecule has 0 bridgehead atoms. The van der Waals surface area contributed by atoms with E-state index in [1.54, 1.807) is 23.7 Å². The van der Waals surface area contributed by atoms with Crippen molar-refractivity contribution in [2.45, 2.75) is 32.0 Å². The first-order valence-corrected chi connectivity index (χ1v) is 12.5. The van der Waals surface area contributed by atoms with E-state index in [1.165, 1.54) is 31.5 Å². The Morgan fingerprint density at radius 1 is 1.18 bits per heavy atom. The van der Waals surface area contributed by atoms with E-state index in [-0.39, 0.29) is 45.6 Å². The second kappa shape index (κ2) is 10.3. The van der Waals surface area contributed by atoms with Crippen molar-refractivity contribution < 1.29 is 22.7 Å². The molecular formula is C26H25ClF3N7O2. The first-order chi connectivity index (χ1) is 18.5. The molecule has 1 atom stereocenters. The van der Waals surface area contributed by atoms with Gasteiger partial charge in [0.05, 0.1) is 11.8 Å². The number of hydrogen-bond acceptors (Lipinski definition) is 7. The van der Waals surface area contributed by atoms with Crippen LogP contribution in [0.15, 0.2) is 42.7 Å². The van der Waals surface area contributed by atoms with Crippen molar-refractivity contribution in [3.63, 3.8) is 0 Å². The first kappa shape index (κ1) is 26.7. The second-order valence-electron chi connectivity index (χ2n) is 9.33. The molecule has 0 aliphatic carbocycles. The van der Waals surface area contributed by atoms with Crippen LogP contribution >= 0.6 is 11.6 Å². The molecular weight excluding hydrogens is 535 g/mol. The molecule has 1 amide bonds. The van der Waals surface area contributed by atoms with Crippen LogP contribution in [-0.4, -0.2) is 43.9 Å². The highest BCUT2D eigenvalue weighted by Gasteiger charge is 2.37. The topological polar surface area (TPSA) is 97.2 Å². The molecule has 5 rings (SSSR count). The van der Waals surface area contributed by atoms with Crippen molar-refractivity contribution in [2.24, 2.45) is 7.05 Å². The zero-order valence-electron chi connectivity index (χ0n) is 21.3. The fourth-order valence-electron chi connectivity index (χ4n) is 4.75. The summed E-state index contributed by atoms with van der Waals surface area (Å²) < 4.78 is 49.5. The number of alkyl halides is 3. The lowest BCUT2D eigenvalue weighted by Gasteiger charge is -2.24. The van der Waals surface area contributed by atoms with Crippen LogP contribution < -0.4 is 15.4 Å². The highest BCUT2D eigenvalue weighted by Crippen LogP contribution is 2.42. The van der Waals surface area contributed by atoms with Gasteiger partial charge < -0.3 is 19.9 Å². The minimum atomic E-state index is -4.51. The van der Waals surface area contributed by atoms with Gasteiger partial charge in [0.25, 0.3) is 0 Å². The van der Waals surface area contributed by atoms with E-state index in [0.29, 0.717) is 23.5 Å². The number of rotatable bonds is 6. The summed E-state index contributed by atoms with van der Waals surface area (Å²) in [5.41, 5.74) is 0.537. The number of aryl methyl sites for hydroxylation is 1. The SMILES string of the molecule is CC(=O)Nc1cc(Oc2cnc3nc(Nc4ccc(C5CCCN5C)c(C(F)(F)F)c4)n(C)c3c2Cl)ccn1. The zero-order chi connectivity index (χ0) is 27.9. The van der Waals surface area contributed by atoms with Gasteiger partial charge >= 0.3 is 6.18 Å². The van der Waals surface area contributed by atoms with Crippen molar-refractivity contribution in [3.05, 3.63) is 58.9 Å². The number of anilines is 3. The third kappa shape index (κ3) is 5.48. The van der Waals surface area contributed by atoms with Gasteiger partial charge in [-0.3, -0.25) is 9.69 Å². The Kier molecular flexibility index (Phi) is 7.08. The van der Waals surface area contributed by atoms with E-state index in [1.807, 2.05) is 11.9 Å². The second-order valence-corrected chi connectivity index (χ2v) is 9.70. The lowest BCUT2D eigenvalue weighted by molar-refractivity contribution is -0.138. The molecule has 3 aromatic heterocycles. The van der Waals surface area contributed by atoms with Gasteiger partial charge in [-0.05, 0) is 50.2 Å². The number of ether oxygens (including phenoxy) is 1. The molecule has 204 valence electrons. The fraction of sp³-hybridized carbons (Fsp3) is 0.308. The highest BCUT2D eigenvalue weighted by atomic mass is 35.5. The Balaban J connectivity index is 1.45. The van der Waals surface area contributed by atoms with Crippen LogP contribution in [-0.2, 0) is 18.0 Å². The van der Waals surface area contributed by atoms with Crippen LogP contribution in [0.2, 0.25) is 5.02 Å². The van der Waals surface area contributed by atoms with Gasteiger partial charge in [0.15, 0.2) is 11.4 Å².